The lowest BCUT2D eigenvalue weighted by molar-refractivity contribution is -0.118. The Balaban J connectivity index is 0.000000447. The number of carbonyl (C=O) groups is 1. The molecular weight excluding hydrogens is 354 g/mol. The second kappa shape index (κ2) is 11.5. The Morgan fingerprint density at radius 3 is 1.97 bits per heavy atom. The van der Waals surface area contributed by atoms with Crippen LogP contribution in [0.4, 0.5) is 0 Å². The molecule has 0 radical (unpaired) electrons. The zero-order valence-electron chi connectivity index (χ0n) is 20.1. The minimum Gasteiger partial charge on any atom is -0.300 e. The standard InChI is InChI=1S/C20H29N.C7H14O/c1-15(2)16(3)13-19-9-11-20(12-10-19)14-21-17(4)7-6-8-18(21)5;1-6(8)5-7(2,3)4/h9-13,17-18H,1,6-8,14H2,2-5H3;5H2,1-4H3/b16-13+;. The largest absolute Gasteiger partial charge is 0.300 e. The first-order valence-electron chi connectivity index (χ1n) is 11.1. The average molecular weight is 398 g/mol. The van der Waals surface area contributed by atoms with Gasteiger partial charge in [-0.05, 0) is 69.6 Å². The van der Waals surface area contributed by atoms with Crippen molar-refractivity contribution in [2.24, 2.45) is 5.41 Å². The van der Waals surface area contributed by atoms with Crippen molar-refractivity contribution in [2.45, 2.75) is 99.7 Å². The third kappa shape index (κ3) is 10.1. The van der Waals surface area contributed by atoms with Gasteiger partial charge in [-0.2, -0.15) is 0 Å². The molecule has 1 saturated heterocycles. The molecule has 0 saturated carbocycles. The van der Waals surface area contributed by atoms with Crippen molar-refractivity contribution in [1.82, 2.24) is 4.90 Å². The molecule has 1 fully saturated rings. The normalized spacial score (nSPS) is 20.6. The van der Waals surface area contributed by atoms with Gasteiger partial charge in [0.05, 0.1) is 0 Å². The molecule has 0 bridgehead atoms. The monoisotopic (exact) mass is 397 g/mol. The van der Waals surface area contributed by atoms with Gasteiger partial charge >= 0.3 is 0 Å². The second-order valence-corrected chi connectivity index (χ2v) is 10.1. The number of Topliss-reactive ketones (excluding diaryl/α,β-unsaturated/α-hetero) is 1. The molecule has 0 aromatic heterocycles. The van der Waals surface area contributed by atoms with Crippen molar-refractivity contribution < 1.29 is 4.79 Å². The van der Waals surface area contributed by atoms with Crippen molar-refractivity contribution in [3.05, 3.63) is 53.1 Å². The fourth-order valence-corrected chi connectivity index (χ4v) is 3.84. The van der Waals surface area contributed by atoms with Crippen LogP contribution in [-0.4, -0.2) is 22.8 Å². The molecule has 2 unspecified atom stereocenters. The summed E-state index contributed by atoms with van der Waals surface area (Å²) in [5.74, 6) is 0.275. The van der Waals surface area contributed by atoms with Crippen LogP contribution in [0.15, 0.2) is 42.0 Å². The van der Waals surface area contributed by atoms with Crippen LogP contribution in [0.25, 0.3) is 6.08 Å². The number of rotatable bonds is 5. The third-order valence-corrected chi connectivity index (χ3v) is 5.56. The summed E-state index contributed by atoms with van der Waals surface area (Å²) in [4.78, 5) is 13.1. The summed E-state index contributed by atoms with van der Waals surface area (Å²) in [6.07, 6.45) is 6.94. The van der Waals surface area contributed by atoms with Crippen LogP contribution in [0.3, 0.4) is 0 Å². The van der Waals surface area contributed by atoms with Crippen LogP contribution in [0.2, 0.25) is 0 Å². The maximum absolute atomic E-state index is 10.5. The summed E-state index contributed by atoms with van der Waals surface area (Å²) in [5, 5.41) is 0. The Kier molecular flexibility index (Phi) is 10.1. The minimum atomic E-state index is 0.172. The molecule has 1 aliphatic rings. The van der Waals surface area contributed by atoms with Crippen LogP contribution in [0.5, 0.6) is 0 Å². The third-order valence-electron chi connectivity index (χ3n) is 5.56. The van der Waals surface area contributed by atoms with Gasteiger partial charge in [-0.25, -0.2) is 0 Å². The zero-order chi connectivity index (χ0) is 22.2. The molecule has 162 valence electrons. The van der Waals surface area contributed by atoms with E-state index in [0.717, 1.165) is 12.1 Å². The van der Waals surface area contributed by atoms with Crippen molar-refractivity contribution in [3.63, 3.8) is 0 Å². The highest BCUT2D eigenvalue weighted by molar-refractivity contribution is 5.76. The number of benzene rings is 1. The summed E-state index contributed by atoms with van der Waals surface area (Å²) < 4.78 is 0. The van der Waals surface area contributed by atoms with Crippen molar-refractivity contribution in [3.8, 4) is 0 Å². The highest BCUT2D eigenvalue weighted by atomic mass is 16.1. The molecular formula is C27H43NO. The van der Waals surface area contributed by atoms with Gasteiger partial charge in [-0.3, -0.25) is 4.90 Å². The predicted octanol–water partition coefficient (Wildman–Crippen LogP) is 7.44. The first kappa shape index (κ1) is 25.4. The van der Waals surface area contributed by atoms with Crippen LogP contribution in [0.1, 0.15) is 92.2 Å². The van der Waals surface area contributed by atoms with Crippen molar-refractivity contribution in [1.29, 1.82) is 0 Å². The van der Waals surface area contributed by atoms with E-state index in [1.807, 2.05) is 0 Å². The second-order valence-electron chi connectivity index (χ2n) is 10.1. The van der Waals surface area contributed by atoms with Crippen molar-refractivity contribution in [2.75, 3.05) is 0 Å². The molecule has 2 heteroatoms. The maximum Gasteiger partial charge on any atom is 0.130 e. The fraction of sp³-hybridized carbons (Fsp3) is 0.593. The molecule has 1 aliphatic heterocycles. The fourth-order valence-electron chi connectivity index (χ4n) is 3.84. The SMILES string of the molecule is C=C(C)/C(C)=C/c1ccc(CN2C(C)CCCC2C)cc1.CC(=O)CC(C)(C)C. The molecule has 0 amide bonds. The van der Waals surface area contributed by atoms with Gasteiger partial charge < -0.3 is 4.79 Å². The summed E-state index contributed by atoms with van der Waals surface area (Å²) in [6.45, 7) is 21.8. The van der Waals surface area contributed by atoms with Gasteiger partial charge in [-0.15, -0.1) is 0 Å². The number of carbonyl (C=O) groups excluding carboxylic acids is 1. The van der Waals surface area contributed by atoms with Gasteiger partial charge in [0, 0.05) is 25.0 Å². The lowest BCUT2D eigenvalue weighted by atomic mass is 9.91. The molecule has 1 heterocycles. The number of hydrogen-bond donors (Lipinski definition) is 0. The number of likely N-dealkylation sites (tertiary alicyclic amines) is 1. The summed E-state index contributed by atoms with van der Waals surface area (Å²) in [6, 6.07) is 10.4. The quantitative estimate of drug-likeness (QED) is 0.481. The van der Waals surface area contributed by atoms with Gasteiger partial charge in [0.15, 0.2) is 0 Å². The molecule has 0 aliphatic carbocycles. The molecule has 2 rings (SSSR count). The van der Waals surface area contributed by atoms with E-state index in [2.05, 4.69) is 90.3 Å². The van der Waals surface area contributed by atoms with Gasteiger partial charge in [-0.1, -0.05) is 69.7 Å². The smallest absolute Gasteiger partial charge is 0.130 e. The Hall–Kier alpha value is -1.67. The molecule has 0 N–H and O–H groups in total. The first-order valence-corrected chi connectivity index (χ1v) is 11.1. The van der Waals surface area contributed by atoms with Crippen LogP contribution in [-0.2, 0) is 11.3 Å². The summed E-state index contributed by atoms with van der Waals surface area (Å²) in [5.41, 5.74) is 5.24. The molecule has 29 heavy (non-hydrogen) atoms. The highest BCUT2D eigenvalue weighted by Gasteiger charge is 2.24. The molecule has 1 aromatic rings. The Morgan fingerprint density at radius 1 is 1.07 bits per heavy atom. The molecule has 1 aromatic carbocycles. The molecule has 2 nitrogen and oxygen atoms in total. The van der Waals surface area contributed by atoms with E-state index >= 15 is 0 Å². The summed E-state index contributed by atoms with van der Waals surface area (Å²) in [7, 11) is 0. The predicted molar refractivity (Wildman–Crippen MR) is 128 cm³/mol. The number of hydrogen-bond acceptors (Lipinski definition) is 2. The lowest BCUT2D eigenvalue weighted by Crippen LogP contribution is -2.42. The molecule has 0 spiro atoms. The Morgan fingerprint density at radius 2 is 1.59 bits per heavy atom. The summed E-state index contributed by atoms with van der Waals surface area (Å²) >= 11 is 0. The highest BCUT2D eigenvalue weighted by Crippen LogP contribution is 2.25. The lowest BCUT2D eigenvalue weighted by Gasteiger charge is -2.39. The van der Waals surface area contributed by atoms with E-state index in [-0.39, 0.29) is 11.2 Å². The molecule has 2 atom stereocenters. The Labute approximate surface area is 180 Å². The van der Waals surface area contributed by atoms with Crippen molar-refractivity contribution >= 4 is 11.9 Å². The maximum atomic E-state index is 10.5. The number of nitrogens with zero attached hydrogens (tertiary/aromatic N) is 1. The van der Waals surface area contributed by atoms with E-state index in [1.54, 1.807) is 6.92 Å². The number of allylic oxidation sites excluding steroid dienone is 2. The van der Waals surface area contributed by atoms with E-state index in [0.29, 0.717) is 18.5 Å². The number of piperidine rings is 1. The van der Waals surface area contributed by atoms with Gasteiger partial charge in [0.2, 0.25) is 0 Å². The minimum absolute atomic E-state index is 0.172. The topological polar surface area (TPSA) is 20.3 Å². The average Bonchev–Trinajstić information content (AvgIpc) is 2.58. The van der Waals surface area contributed by atoms with E-state index in [4.69, 9.17) is 0 Å². The van der Waals surface area contributed by atoms with E-state index in [1.165, 1.54) is 36.0 Å². The Bertz CT molecular complexity index is 680. The van der Waals surface area contributed by atoms with E-state index in [9.17, 15) is 4.79 Å². The van der Waals surface area contributed by atoms with Crippen LogP contribution in [0, 0.1) is 5.41 Å². The van der Waals surface area contributed by atoms with Crippen LogP contribution < -0.4 is 0 Å². The van der Waals surface area contributed by atoms with E-state index < -0.39 is 0 Å². The van der Waals surface area contributed by atoms with Gasteiger partial charge in [0.25, 0.3) is 0 Å². The van der Waals surface area contributed by atoms with Gasteiger partial charge in [0.1, 0.15) is 5.78 Å². The zero-order valence-corrected chi connectivity index (χ0v) is 20.1. The first-order chi connectivity index (χ1) is 13.4. The van der Waals surface area contributed by atoms with Crippen LogP contribution >= 0.6 is 0 Å². The number of ketones is 1.